The van der Waals surface area contributed by atoms with Gasteiger partial charge in [0.15, 0.2) is 0 Å². The van der Waals surface area contributed by atoms with Crippen LogP contribution in [0.3, 0.4) is 0 Å². The number of nitrogens with one attached hydrogen (secondary N) is 2. The van der Waals surface area contributed by atoms with Crippen LogP contribution in [0.2, 0.25) is 0 Å². The van der Waals surface area contributed by atoms with Gasteiger partial charge in [-0.3, -0.25) is 0 Å². The predicted molar refractivity (Wildman–Crippen MR) is 117 cm³/mol. The number of nitrogens with two attached hydrogens (primary N) is 1. The van der Waals surface area contributed by atoms with Gasteiger partial charge in [-0.05, 0) is 35.8 Å². The van der Waals surface area contributed by atoms with Crippen LogP contribution in [0.15, 0.2) is 0 Å². The molecule has 1 aromatic rings. The Morgan fingerprint density at radius 1 is 1.28 bits per heavy atom. The van der Waals surface area contributed by atoms with Crippen molar-refractivity contribution in [2.75, 3.05) is 18.5 Å². The summed E-state index contributed by atoms with van der Waals surface area (Å²) in [4.78, 5) is 4.71. The van der Waals surface area contributed by atoms with E-state index >= 15 is 0 Å². The Morgan fingerprint density at radius 2 is 2.04 bits per heavy atom. The van der Waals surface area contributed by atoms with Gasteiger partial charge in [-0.2, -0.15) is 0 Å². The van der Waals surface area contributed by atoms with Crippen molar-refractivity contribution in [2.24, 2.45) is 0 Å². The zero-order chi connectivity index (χ0) is 17.4. The van der Waals surface area contributed by atoms with Crippen molar-refractivity contribution >= 4 is 46.5 Å². The first-order chi connectivity index (χ1) is 11.7. The molecule has 2 heterocycles. The molecule has 0 saturated carbocycles. The van der Waals surface area contributed by atoms with E-state index < -0.39 is 0 Å². The monoisotopic (exact) mass is 402 g/mol. The number of hydrogen-bond donors (Lipinski definition) is 3. The van der Waals surface area contributed by atoms with Crippen LogP contribution in [0.25, 0.3) is 0 Å². The van der Waals surface area contributed by atoms with E-state index in [4.69, 9.17) is 22.9 Å². The molecule has 0 unspecified atom stereocenters. The lowest BCUT2D eigenvalue weighted by Gasteiger charge is -2.24. The number of pyridine rings is 1. The second-order valence-electron chi connectivity index (χ2n) is 6.32. The summed E-state index contributed by atoms with van der Waals surface area (Å²) in [7, 11) is 0. The summed E-state index contributed by atoms with van der Waals surface area (Å²) in [6, 6.07) is 0. The number of aromatic nitrogens is 1. The zero-order valence-electron chi connectivity index (χ0n) is 15.3. The summed E-state index contributed by atoms with van der Waals surface area (Å²) in [5.41, 5.74) is 11.4. The molecule has 0 fully saturated rings. The van der Waals surface area contributed by atoms with Gasteiger partial charge in [-0.1, -0.05) is 44.8 Å². The van der Waals surface area contributed by atoms with E-state index in [9.17, 15) is 0 Å². The lowest BCUT2D eigenvalue weighted by Crippen LogP contribution is -2.29. The highest BCUT2D eigenvalue weighted by molar-refractivity contribution is 8.22. The molecular weight excluding hydrogens is 372 g/mol. The Labute approximate surface area is 167 Å². The zero-order valence-corrected chi connectivity index (χ0v) is 17.8. The van der Waals surface area contributed by atoms with E-state index in [0.29, 0.717) is 0 Å². The third kappa shape index (κ3) is 6.59. The van der Waals surface area contributed by atoms with Crippen LogP contribution in [-0.4, -0.2) is 22.1 Å². The maximum Gasteiger partial charge on any atom is 0.133 e. The number of rotatable bonds is 8. The first-order valence-electron chi connectivity index (χ1n) is 8.98. The Morgan fingerprint density at radius 3 is 2.76 bits per heavy atom. The van der Waals surface area contributed by atoms with Gasteiger partial charge < -0.3 is 16.4 Å². The molecule has 0 amide bonds. The minimum absolute atomic E-state index is 0. The van der Waals surface area contributed by atoms with Gasteiger partial charge in [-0.15, -0.1) is 24.2 Å². The Balaban J connectivity index is 0.00000312. The fraction of sp³-hybridized carbons (Fsp3) is 0.667. The second kappa shape index (κ2) is 11.9. The first kappa shape index (κ1) is 22.5. The lowest BCUT2D eigenvalue weighted by molar-refractivity contribution is 0.611. The molecule has 0 aromatic carbocycles. The molecule has 25 heavy (non-hydrogen) atoms. The van der Waals surface area contributed by atoms with E-state index in [1.54, 1.807) is 11.8 Å². The molecule has 0 aliphatic carbocycles. The molecule has 1 aromatic heterocycles. The third-order valence-corrected chi connectivity index (χ3v) is 5.77. The molecule has 0 radical (unpaired) electrons. The van der Waals surface area contributed by atoms with Crippen molar-refractivity contribution in [1.82, 2.24) is 15.6 Å². The maximum atomic E-state index is 6.33. The van der Waals surface area contributed by atoms with Crippen molar-refractivity contribution < 1.29 is 0 Å². The molecule has 0 spiro atoms. The Bertz CT molecular complexity index is 566. The summed E-state index contributed by atoms with van der Waals surface area (Å²) in [6.45, 7) is 4.86. The van der Waals surface area contributed by atoms with Crippen LogP contribution in [-0.2, 0) is 25.9 Å². The number of unbranched alkanes of at least 4 members (excludes halogenated alkanes) is 4. The van der Waals surface area contributed by atoms with Crippen molar-refractivity contribution in [1.29, 1.82) is 0 Å². The number of nitrogens with zero attached hydrogens (tertiary/aromatic N) is 1. The quantitative estimate of drug-likeness (QED) is 0.451. The molecule has 4 nitrogen and oxygen atoms in total. The molecule has 1 aliphatic heterocycles. The van der Waals surface area contributed by atoms with Crippen LogP contribution < -0.4 is 16.4 Å². The number of halogens is 1. The van der Waals surface area contributed by atoms with E-state index in [1.807, 2.05) is 6.26 Å². The minimum Gasteiger partial charge on any atom is -0.383 e. The highest BCUT2D eigenvalue weighted by Crippen LogP contribution is 2.27. The van der Waals surface area contributed by atoms with Crippen molar-refractivity contribution in [3.8, 4) is 0 Å². The van der Waals surface area contributed by atoms with Crippen molar-refractivity contribution in [3.05, 3.63) is 22.4 Å². The van der Waals surface area contributed by atoms with Crippen molar-refractivity contribution in [2.45, 2.75) is 65.0 Å². The Hall–Kier alpha value is -0.560. The maximum absolute atomic E-state index is 6.33. The van der Waals surface area contributed by atoms with E-state index in [0.717, 1.165) is 48.3 Å². The summed E-state index contributed by atoms with van der Waals surface area (Å²) >= 11 is 6.89. The van der Waals surface area contributed by atoms with Crippen LogP contribution in [0.5, 0.6) is 0 Å². The smallest absolute Gasteiger partial charge is 0.133 e. The molecular formula is C18H31ClN4S2. The largest absolute Gasteiger partial charge is 0.383 e. The third-order valence-electron chi connectivity index (χ3n) is 4.61. The average molecular weight is 403 g/mol. The fourth-order valence-electron chi connectivity index (χ4n) is 3.26. The molecule has 142 valence electrons. The highest BCUT2D eigenvalue weighted by atomic mass is 35.5. The van der Waals surface area contributed by atoms with E-state index in [1.165, 1.54) is 48.8 Å². The van der Waals surface area contributed by atoms with Crippen LogP contribution in [0.1, 0.15) is 61.4 Å². The van der Waals surface area contributed by atoms with Gasteiger partial charge in [-0.25, -0.2) is 4.98 Å². The minimum atomic E-state index is 0. The van der Waals surface area contributed by atoms with Gasteiger partial charge in [0.2, 0.25) is 0 Å². The molecule has 4 N–H and O–H groups in total. The predicted octanol–water partition coefficient (Wildman–Crippen LogP) is 3.98. The standard InChI is InChI=1S/C18H30N4S2.ClH/c1-3-4-5-6-7-8-13-14(12-21-18(23)24-2)15-11-20-10-9-16(15)22-17(13)19;/h20H,3-12H2,1-2H3,(H2,19,22)(H,21,23);1H. The topological polar surface area (TPSA) is 63.0 Å². The number of fused-ring (bicyclic) bond motifs is 1. The Kier molecular flexibility index (Phi) is 10.7. The van der Waals surface area contributed by atoms with Crippen molar-refractivity contribution in [3.63, 3.8) is 0 Å². The fourth-order valence-corrected chi connectivity index (χ4v) is 3.55. The number of hydrogen-bond acceptors (Lipinski definition) is 5. The molecule has 2 rings (SSSR count). The first-order valence-corrected chi connectivity index (χ1v) is 10.6. The van der Waals surface area contributed by atoms with E-state index in [-0.39, 0.29) is 12.4 Å². The second-order valence-corrected chi connectivity index (χ2v) is 7.80. The van der Waals surface area contributed by atoms with Crippen LogP contribution >= 0.6 is 36.4 Å². The number of nitrogen functional groups attached to an aromatic ring is 1. The average Bonchev–Trinajstić information content (AvgIpc) is 2.60. The van der Waals surface area contributed by atoms with Gasteiger partial charge in [0.05, 0.1) is 0 Å². The van der Waals surface area contributed by atoms with Crippen LogP contribution in [0.4, 0.5) is 5.82 Å². The normalized spacial score (nSPS) is 13.0. The van der Waals surface area contributed by atoms with E-state index in [2.05, 4.69) is 17.6 Å². The molecule has 7 heteroatoms. The SMILES string of the molecule is CCCCCCCc1c(N)nc2c(c1CNC(=S)SC)CNCC2.Cl. The summed E-state index contributed by atoms with van der Waals surface area (Å²) in [5, 5.41) is 6.83. The molecule has 0 atom stereocenters. The van der Waals surface area contributed by atoms with Crippen LogP contribution in [0, 0.1) is 0 Å². The number of anilines is 1. The number of thiocarbonyl (C=S) groups is 1. The molecule has 0 bridgehead atoms. The van der Waals surface area contributed by atoms with Gasteiger partial charge >= 0.3 is 0 Å². The molecule has 1 aliphatic rings. The summed E-state index contributed by atoms with van der Waals surface area (Å²) in [6.07, 6.45) is 10.3. The van der Waals surface area contributed by atoms with Gasteiger partial charge in [0.25, 0.3) is 0 Å². The molecule has 0 saturated heterocycles. The van der Waals surface area contributed by atoms with Gasteiger partial charge in [0.1, 0.15) is 10.1 Å². The highest BCUT2D eigenvalue weighted by Gasteiger charge is 2.20. The summed E-state index contributed by atoms with van der Waals surface area (Å²) in [5.74, 6) is 0.720. The summed E-state index contributed by atoms with van der Waals surface area (Å²) < 4.78 is 0.830. The number of thioether (sulfide) groups is 1. The lowest BCUT2D eigenvalue weighted by atomic mass is 9.93. The van der Waals surface area contributed by atoms with Gasteiger partial charge in [0, 0.05) is 31.7 Å².